The molecule has 272 valence electrons. The van der Waals surface area contributed by atoms with Crippen LogP contribution in [0.25, 0.3) is 17.0 Å². The van der Waals surface area contributed by atoms with Gasteiger partial charge in [-0.25, -0.2) is 26.9 Å². The van der Waals surface area contributed by atoms with Crippen molar-refractivity contribution >= 4 is 38.8 Å². The molecule has 0 saturated heterocycles. The highest BCUT2D eigenvalue weighted by Gasteiger charge is 2.48. The smallest absolute Gasteiger partial charge is 0.333 e. The fourth-order valence-electron chi connectivity index (χ4n) is 6.58. The summed E-state index contributed by atoms with van der Waals surface area (Å²) in [5.41, 5.74) is -0.188. The number of hydrogen-bond acceptors (Lipinski definition) is 7. The van der Waals surface area contributed by atoms with Crippen molar-refractivity contribution in [3.8, 4) is 11.8 Å². The Hall–Kier alpha value is -4.89. The van der Waals surface area contributed by atoms with E-state index in [4.69, 9.17) is 4.84 Å². The SMILES string of the molecule is C[n+]1ccc(C=CC=C2N(CCCCS(=O)(=O)O)c3c(F)c(F)c(F)c(F)c3C2(C)CCCCCC(=O)On2c(O)ccc2O)c2ccccc21. The highest BCUT2D eigenvalue weighted by Crippen LogP contribution is 2.54. The van der Waals surface area contributed by atoms with Crippen molar-refractivity contribution in [2.75, 3.05) is 17.2 Å². The van der Waals surface area contributed by atoms with Gasteiger partial charge in [0.15, 0.2) is 29.5 Å². The average Bonchev–Trinajstić information content (AvgIpc) is 3.53. The van der Waals surface area contributed by atoms with Gasteiger partial charge < -0.3 is 20.0 Å². The Morgan fingerprint density at radius 1 is 0.922 bits per heavy atom. The number of pyridine rings is 1. The summed E-state index contributed by atoms with van der Waals surface area (Å²) >= 11 is 0. The molecule has 3 heterocycles. The molecule has 0 fully saturated rings. The molecule has 4 aromatic rings. The second-order valence-electron chi connectivity index (χ2n) is 12.6. The van der Waals surface area contributed by atoms with Crippen LogP contribution in [0.5, 0.6) is 11.8 Å². The fourth-order valence-corrected chi connectivity index (χ4v) is 7.15. The van der Waals surface area contributed by atoms with Gasteiger partial charge in [-0.2, -0.15) is 8.42 Å². The minimum absolute atomic E-state index is 0.0417. The number of halogens is 4. The summed E-state index contributed by atoms with van der Waals surface area (Å²) in [6.45, 7) is 1.49. The second-order valence-corrected chi connectivity index (χ2v) is 14.2. The highest BCUT2D eigenvalue weighted by atomic mass is 32.2. The second kappa shape index (κ2) is 15.2. The standard InChI is InChI=1S/C36H37F4N3O7S/c1-36(19-7-3-4-15-29(46)50-43-27(44)16-17-28(43)45)26(14-10-11-23-18-21-41(2)25-13-6-5-12-24(23)25)42(20-8-9-22-51(47,48)49)35-30(36)31(37)32(38)33(39)34(35)40/h5-6,10-14,16-18,21H,3-4,7-9,15,19-20,22H2,1-2H3,(H2-,44,45,47,48,49)/p+1. The lowest BCUT2D eigenvalue weighted by molar-refractivity contribution is -0.644. The van der Waals surface area contributed by atoms with E-state index in [2.05, 4.69) is 0 Å². The van der Waals surface area contributed by atoms with E-state index in [0.717, 1.165) is 28.6 Å². The van der Waals surface area contributed by atoms with Crippen molar-refractivity contribution in [1.82, 2.24) is 4.73 Å². The fraction of sp³-hybridized carbons (Fsp3) is 0.333. The Balaban J connectivity index is 1.47. The number of rotatable bonds is 14. The Morgan fingerprint density at radius 3 is 2.31 bits per heavy atom. The summed E-state index contributed by atoms with van der Waals surface area (Å²) in [5.74, 6) is -9.34. The maximum atomic E-state index is 15.8. The first kappa shape index (κ1) is 37.4. The van der Waals surface area contributed by atoms with Crippen LogP contribution in [0.4, 0.5) is 23.2 Å². The lowest BCUT2D eigenvalue weighted by Crippen LogP contribution is -2.30. The first-order chi connectivity index (χ1) is 24.1. The van der Waals surface area contributed by atoms with Crippen LogP contribution in [-0.2, 0) is 27.4 Å². The molecule has 0 radical (unpaired) electrons. The number of anilines is 1. The van der Waals surface area contributed by atoms with Gasteiger partial charge >= 0.3 is 5.97 Å². The third-order valence-corrected chi connectivity index (χ3v) is 9.91. The van der Waals surface area contributed by atoms with Gasteiger partial charge in [-0.05, 0) is 50.3 Å². The number of fused-ring (bicyclic) bond motifs is 2. The lowest BCUT2D eigenvalue weighted by atomic mass is 9.76. The van der Waals surface area contributed by atoms with E-state index in [-0.39, 0.29) is 44.2 Å². The van der Waals surface area contributed by atoms with Crippen LogP contribution in [-0.4, -0.2) is 46.2 Å². The van der Waals surface area contributed by atoms with Crippen LogP contribution in [0.3, 0.4) is 0 Å². The minimum Gasteiger partial charge on any atom is -0.492 e. The molecule has 0 spiro atoms. The number of aryl methyl sites for hydroxylation is 1. The zero-order chi connectivity index (χ0) is 37.1. The van der Waals surface area contributed by atoms with Crippen LogP contribution in [0.2, 0.25) is 0 Å². The van der Waals surface area contributed by atoms with E-state index in [0.29, 0.717) is 23.3 Å². The Bertz CT molecular complexity index is 2120. The number of aromatic nitrogens is 2. The van der Waals surface area contributed by atoms with Crippen LogP contribution in [0.1, 0.15) is 63.0 Å². The van der Waals surface area contributed by atoms with E-state index in [9.17, 15) is 36.8 Å². The number of benzene rings is 2. The van der Waals surface area contributed by atoms with Crippen molar-refractivity contribution in [3.05, 3.63) is 101 Å². The molecule has 15 heteroatoms. The van der Waals surface area contributed by atoms with Gasteiger partial charge in [-0.3, -0.25) is 4.55 Å². The summed E-state index contributed by atoms with van der Waals surface area (Å²) in [6.07, 6.45) is 7.98. The Kier molecular flexibility index (Phi) is 11.1. The van der Waals surface area contributed by atoms with Crippen molar-refractivity contribution in [3.63, 3.8) is 0 Å². The molecule has 3 N–H and O–H groups in total. The first-order valence-corrected chi connectivity index (χ1v) is 17.9. The molecular formula is C36H38F4N3O7S+. The van der Waals surface area contributed by atoms with Gasteiger partial charge in [0.25, 0.3) is 10.1 Å². The number of allylic oxidation sites excluding steroid dienone is 3. The van der Waals surface area contributed by atoms with Crippen LogP contribution >= 0.6 is 0 Å². The molecule has 10 nitrogen and oxygen atoms in total. The number of hydrogen-bond donors (Lipinski definition) is 3. The molecule has 1 unspecified atom stereocenters. The summed E-state index contributed by atoms with van der Waals surface area (Å²) in [5, 5.41) is 20.3. The Labute approximate surface area is 292 Å². The largest absolute Gasteiger partial charge is 0.492 e. The van der Waals surface area contributed by atoms with Gasteiger partial charge in [-0.15, -0.1) is 4.73 Å². The number of carbonyl (C=O) groups is 1. The molecule has 0 saturated carbocycles. The number of aromatic hydroxyl groups is 2. The van der Waals surface area contributed by atoms with Crippen LogP contribution in [0, 0.1) is 23.3 Å². The molecule has 0 aliphatic carbocycles. The molecule has 51 heavy (non-hydrogen) atoms. The highest BCUT2D eigenvalue weighted by molar-refractivity contribution is 7.85. The quantitative estimate of drug-likeness (QED) is 0.0340. The monoisotopic (exact) mass is 732 g/mol. The Morgan fingerprint density at radius 2 is 1.61 bits per heavy atom. The third kappa shape index (κ3) is 7.89. The summed E-state index contributed by atoms with van der Waals surface area (Å²) in [6, 6.07) is 11.9. The zero-order valence-corrected chi connectivity index (χ0v) is 28.8. The van der Waals surface area contributed by atoms with Crippen LogP contribution in [0.15, 0.2) is 66.5 Å². The van der Waals surface area contributed by atoms with E-state index >= 15 is 8.78 Å². The summed E-state index contributed by atoms with van der Waals surface area (Å²) in [4.78, 5) is 18.6. The van der Waals surface area contributed by atoms with Crippen molar-refractivity contribution in [2.24, 2.45) is 7.05 Å². The van der Waals surface area contributed by atoms with Crippen molar-refractivity contribution in [1.29, 1.82) is 0 Å². The molecule has 0 amide bonds. The summed E-state index contributed by atoms with van der Waals surface area (Å²) < 4.78 is 95.5. The van der Waals surface area contributed by atoms with Crippen molar-refractivity contribution in [2.45, 2.75) is 57.3 Å². The number of para-hydroxylation sites is 1. The maximum Gasteiger partial charge on any atom is 0.333 e. The molecule has 0 bridgehead atoms. The van der Waals surface area contributed by atoms with E-state index in [1.54, 1.807) is 25.2 Å². The normalized spacial score (nSPS) is 16.8. The average molecular weight is 733 g/mol. The molecular weight excluding hydrogens is 694 g/mol. The lowest BCUT2D eigenvalue weighted by Gasteiger charge is -2.30. The predicted molar refractivity (Wildman–Crippen MR) is 181 cm³/mol. The number of carbonyl (C=O) groups excluding carboxylic acids is 1. The topological polar surface area (TPSA) is 133 Å². The van der Waals surface area contributed by atoms with Gasteiger partial charge in [-0.1, -0.05) is 37.1 Å². The van der Waals surface area contributed by atoms with E-state index in [1.807, 2.05) is 48.1 Å². The van der Waals surface area contributed by atoms with Crippen molar-refractivity contribution < 1.29 is 54.9 Å². The first-order valence-electron chi connectivity index (χ1n) is 16.3. The molecule has 5 rings (SSSR count). The molecule has 2 aromatic heterocycles. The van der Waals surface area contributed by atoms with Gasteiger partial charge in [0.1, 0.15) is 7.05 Å². The molecule has 1 atom stereocenters. The zero-order valence-electron chi connectivity index (χ0n) is 28.0. The number of unbranched alkanes of at least 4 members (excludes halogenated alkanes) is 3. The van der Waals surface area contributed by atoms with Gasteiger partial charge in [0.2, 0.25) is 17.3 Å². The van der Waals surface area contributed by atoms with E-state index < -0.39 is 68.0 Å². The number of nitrogens with zero attached hydrogens (tertiary/aromatic N) is 3. The van der Waals surface area contributed by atoms with E-state index in [1.165, 1.54) is 4.90 Å². The molecule has 1 aliphatic rings. The predicted octanol–water partition coefficient (Wildman–Crippen LogP) is 6.38. The summed E-state index contributed by atoms with van der Waals surface area (Å²) in [7, 11) is -2.40. The maximum absolute atomic E-state index is 15.8. The third-order valence-electron chi connectivity index (χ3n) is 9.11. The van der Waals surface area contributed by atoms with Crippen LogP contribution < -0.4 is 14.3 Å². The minimum atomic E-state index is -4.30. The molecule has 1 aliphatic heterocycles. The van der Waals surface area contributed by atoms with Gasteiger partial charge in [0, 0.05) is 53.9 Å². The van der Waals surface area contributed by atoms with Gasteiger partial charge in [0.05, 0.1) is 16.8 Å². The molecule has 2 aromatic carbocycles.